The van der Waals surface area contributed by atoms with Crippen molar-refractivity contribution in [3.63, 3.8) is 0 Å². The molecular formula is C17H21N3O2. The van der Waals surface area contributed by atoms with Crippen LogP contribution in [-0.4, -0.2) is 51.4 Å². The number of hydrogen-bond donors (Lipinski definition) is 2. The van der Waals surface area contributed by atoms with Crippen molar-refractivity contribution in [1.82, 2.24) is 14.9 Å². The zero-order valence-electron chi connectivity index (χ0n) is 12.5. The minimum Gasteiger partial charge on any atom is -0.396 e. The molecule has 4 atom stereocenters. The van der Waals surface area contributed by atoms with E-state index >= 15 is 0 Å². The molecule has 3 aliphatic heterocycles. The van der Waals surface area contributed by atoms with Gasteiger partial charge in [0.25, 0.3) is 0 Å². The van der Waals surface area contributed by atoms with Crippen molar-refractivity contribution in [3.05, 3.63) is 30.1 Å². The van der Waals surface area contributed by atoms with Crippen LogP contribution in [0.15, 0.2) is 24.5 Å². The maximum atomic E-state index is 9.70. The van der Waals surface area contributed by atoms with Crippen LogP contribution in [0.1, 0.15) is 18.4 Å². The average Bonchev–Trinajstić information content (AvgIpc) is 3.26. The minimum absolute atomic E-state index is 0.0163. The quantitative estimate of drug-likeness (QED) is 0.902. The van der Waals surface area contributed by atoms with Crippen molar-refractivity contribution >= 4 is 11.0 Å². The Morgan fingerprint density at radius 1 is 1.50 bits per heavy atom. The molecule has 2 N–H and O–H groups in total. The van der Waals surface area contributed by atoms with E-state index in [1.54, 1.807) is 0 Å². The number of aromatic nitrogens is 2. The monoisotopic (exact) mass is 299 g/mol. The highest BCUT2D eigenvalue weighted by atomic mass is 16.5. The predicted octanol–water partition coefficient (Wildman–Crippen LogP) is 1.53. The van der Waals surface area contributed by atoms with Crippen LogP contribution in [0.5, 0.6) is 0 Å². The number of H-pyrrole nitrogens is 1. The third-order valence-electron chi connectivity index (χ3n) is 6.00. The molecule has 2 aromatic rings. The lowest BCUT2D eigenvalue weighted by Gasteiger charge is -2.28. The number of nitrogens with one attached hydrogen (secondary N) is 1. The number of likely N-dealkylation sites (tertiary alicyclic amines) is 1. The molecule has 0 unspecified atom stereocenters. The van der Waals surface area contributed by atoms with Gasteiger partial charge in [0.15, 0.2) is 0 Å². The molecule has 2 aromatic heterocycles. The summed E-state index contributed by atoms with van der Waals surface area (Å²) in [6, 6.07) is 4.12. The van der Waals surface area contributed by atoms with Gasteiger partial charge in [-0.05, 0) is 30.5 Å². The molecule has 2 bridgehead atoms. The van der Waals surface area contributed by atoms with Gasteiger partial charge in [-0.2, -0.15) is 0 Å². The smallest absolute Gasteiger partial charge is 0.137 e. The number of aliphatic hydroxyl groups excluding tert-OH is 1. The summed E-state index contributed by atoms with van der Waals surface area (Å²) in [5.41, 5.74) is 2.28. The fraction of sp³-hybridized carbons (Fsp3) is 0.588. The standard InChI is InChI=1S/C17H21N3O2/c21-9-13-14-8-20(10-17(14)4-3-15(13)22-17)7-11-6-19-16-12(11)2-1-5-18-16/h1-2,5-6,13-15,21H,3-4,7-10H2,(H,18,19)/t13-,14+,15+,17+/m1/s1. The van der Waals surface area contributed by atoms with E-state index in [4.69, 9.17) is 4.74 Å². The number of aliphatic hydroxyl groups is 1. The van der Waals surface area contributed by atoms with Gasteiger partial charge in [-0.3, -0.25) is 4.90 Å². The van der Waals surface area contributed by atoms with Crippen LogP contribution in [0.2, 0.25) is 0 Å². The lowest BCUT2D eigenvalue weighted by Crippen LogP contribution is -2.37. The van der Waals surface area contributed by atoms with Crippen molar-refractivity contribution in [1.29, 1.82) is 0 Å². The molecule has 3 fully saturated rings. The van der Waals surface area contributed by atoms with Crippen molar-refractivity contribution in [2.45, 2.75) is 31.1 Å². The van der Waals surface area contributed by atoms with Gasteiger partial charge < -0.3 is 14.8 Å². The Morgan fingerprint density at radius 3 is 3.36 bits per heavy atom. The molecule has 0 amide bonds. The van der Waals surface area contributed by atoms with E-state index in [-0.39, 0.29) is 12.2 Å². The van der Waals surface area contributed by atoms with Crippen LogP contribution in [0.3, 0.4) is 0 Å². The first kappa shape index (κ1) is 13.0. The van der Waals surface area contributed by atoms with Gasteiger partial charge in [-0.1, -0.05) is 0 Å². The molecule has 22 heavy (non-hydrogen) atoms. The van der Waals surface area contributed by atoms with Crippen LogP contribution in [0, 0.1) is 11.8 Å². The number of pyridine rings is 1. The fourth-order valence-electron chi connectivity index (χ4n) is 5.04. The second-order valence-corrected chi connectivity index (χ2v) is 7.10. The highest BCUT2D eigenvalue weighted by molar-refractivity contribution is 5.79. The summed E-state index contributed by atoms with van der Waals surface area (Å²) in [5, 5.41) is 10.9. The van der Waals surface area contributed by atoms with E-state index < -0.39 is 0 Å². The second kappa shape index (κ2) is 4.54. The first-order chi connectivity index (χ1) is 10.8. The molecule has 0 saturated carbocycles. The predicted molar refractivity (Wildman–Crippen MR) is 82.3 cm³/mol. The molecule has 0 aromatic carbocycles. The summed E-state index contributed by atoms with van der Waals surface area (Å²) in [4.78, 5) is 10.1. The van der Waals surface area contributed by atoms with Crippen molar-refractivity contribution < 1.29 is 9.84 Å². The molecule has 3 aliphatic rings. The maximum absolute atomic E-state index is 9.70. The lowest BCUT2D eigenvalue weighted by atomic mass is 9.74. The molecule has 0 aliphatic carbocycles. The van der Waals surface area contributed by atoms with E-state index in [1.165, 1.54) is 10.9 Å². The van der Waals surface area contributed by atoms with Gasteiger partial charge >= 0.3 is 0 Å². The molecule has 5 heterocycles. The van der Waals surface area contributed by atoms with Crippen molar-refractivity contribution in [2.75, 3.05) is 19.7 Å². The molecule has 116 valence electrons. The maximum Gasteiger partial charge on any atom is 0.137 e. The van der Waals surface area contributed by atoms with Gasteiger partial charge in [-0.15, -0.1) is 0 Å². The molecular weight excluding hydrogens is 278 g/mol. The minimum atomic E-state index is 0.0163. The SMILES string of the molecule is OC[C@H]1[C@@H]2CC[C@@]3(CN(Cc4c[nH]c5ncccc45)C[C@@H]13)O2. The Bertz CT molecular complexity index is 715. The normalized spacial score (nSPS) is 37.2. The van der Waals surface area contributed by atoms with E-state index in [0.29, 0.717) is 17.9 Å². The number of nitrogens with zero attached hydrogens (tertiary/aromatic N) is 2. The number of aromatic amines is 1. The molecule has 1 spiro atoms. The second-order valence-electron chi connectivity index (χ2n) is 7.10. The Morgan fingerprint density at radius 2 is 2.45 bits per heavy atom. The molecule has 5 nitrogen and oxygen atoms in total. The fourth-order valence-corrected chi connectivity index (χ4v) is 5.04. The lowest BCUT2D eigenvalue weighted by molar-refractivity contribution is 0.000410. The van der Waals surface area contributed by atoms with Crippen LogP contribution >= 0.6 is 0 Å². The first-order valence-electron chi connectivity index (χ1n) is 8.21. The molecule has 5 rings (SSSR count). The topological polar surface area (TPSA) is 61.4 Å². The van der Waals surface area contributed by atoms with Crippen LogP contribution in [0.4, 0.5) is 0 Å². The number of rotatable bonds is 3. The van der Waals surface area contributed by atoms with Crippen molar-refractivity contribution in [2.24, 2.45) is 11.8 Å². The van der Waals surface area contributed by atoms with Gasteiger partial charge in [0.1, 0.15) is 5.65 Å². The number of hydrogen-bond acceptors (Lipinski definition) is 4. The number of ether oxygens (including phenoxy) is 1. The third kappa shape index (κ3) is 1.67. The van der Waals surface area contributed by atoms with E-state index in [0.717, 1.165) is 38.1 Å². The molecule has 0 radical (unpaired) electrons. The average molecular weight is 299 g/mol. The Labute approximate surface area is 129 Å². The van der Waals surface area contributed by atoms with E-state index in [9.17, 15) is 5.11 Å². The van der Waals surface area contributed by atoms with Crippen LogP contribution < -0.4 is 0 Å². The first-order valence-corrected chi connectivity index (χ1v) is 8.21. The van der Waals surface area contributed by atoms with E-state index in [2.05, 4.69) is 27.1 Å². The molecule has 3 saturated heterocycles. The summed E-state index contributed by atoms with van der Waals surface area (Å²) >= 11 is 0. The molecule has 5 heteroatoms. The van der Waals surface area contributed by atoms with Gasteiger partial charge in [0.05, 0.1) is 11.7 Å². The summed E-state index contributed by atoms with van der Waals surface area (Å²) in [7, 11) is 0. The number of fused-ring (bicyclic) bond motifs is 2. The van der Waals surface area contributed by atoms with Crippen LogP contribution in [-0.2, 0) is 11.3 Å². The largest absolute Gasteiger partial charge is 0.396 e. The third-order valence-corrected chi connectivity index (χ3v) is 6.00. The summed E-state index contributed by atoms with van der Waals surface area (Å²) in [5.74, 6) is 0.836. The highest BCUT2D eigenvalue weighted by Gasteiger charge is 2.62. The van der Waals surface area contributed by atoms with Gasteiger partial charge in [0.2, 0.25) is 0 Å². The summed E-state index contributed by atoms with van der Waals surface area (Å²) in [6.07, 6.45) is 6.47. The zero-order chi connectivity index (χ0) is 14.7. The Kier molecular flexibility index (Phi) is 2.69. The summed E-state index contributed by atoms with van der Waals surface area (Å²) in [6.45, 7) is 3.23. The highest BCUT2D eigenvalue weighted by Crippen LogP contribution is 2.54. The Balaban J connectivity index is 1.40. The summed E-state index contributed by atoms with van der Waals surface area (Å²) < 4.78 is 6.30. The Hall–Kier alpha value is -1.43. The van der Waals surface area contributed by atoms with Gasteiger partial charge in [-0.25, -0.2) is 4.98 Å². The zero-order valence-corrected chi connectivity index (χ0v) is 12.5. The van der Waals surface area contributed by atoms with E-state index in [1.807, 2.05) is 12.3 Å². The van der Waals surface area contributed by atoms with Crippen LogP contribution in [0.25, 0.3) is 11.0 Å². The van der Waals surface area contributed by atoms with Crippen molar-refractivity contribution in [3.8, 4) is 0 Å². The van der Waals surface area contributed by atoms with Gasteiger partial charge in [0, 0.05) is 55.9 Å².